The molecule has 1 saturated carbocycles. The van der Waals surface area contributed by atoms with Crippen molar-refractivity contribution >= 4 is 20.5 Å². The van der Waals surface area contributed by atoms with Crippen LogP contribution in [0.1, 0.15) is 34.6 Å². The van der Waals surface area contributed by atoms with Crippen LogP contribution in [0, 0.1) is 0 Å². The Hall–Kier alpha value is -1.98. The summed E-state index contributed by atoms with van der Waals surface area (Å²) in [5.74, 6) is -0.720. The first kappa shape index (κ1) is 24.2. The largest absolute Gasteiger partial charge is 0.440 e. The zero-order valence-corrected chi connectivity index (χ0v) is 21.2. The van der Waals surface area contributed by atoms with E-state index >= 15 is 0 Å². The molecule has 1 N–H and O–H groups in total. The number of nitrogens with zero attached hydrogens (tertiary/aromatic N) is 1. The Bertz CT molecular complexity index is 930. The summed E-state index contributed by atoms with van der Waals surface area (Å²) in [6.45, 7) is 13.7. The lowest BCUT2D eigenvalue weighted by molar-refractivity contribution is -0.196. The highest BCUT2D eigenvalue weighted by Crippen LogP contribution is 2.50. The van der Waals surface area contributed by atoms with Crippen LogP contribution in [0.3, 0.4) is 0 Å². The molecule has 0 bridgehead atoms. The van der Waals surface area contributed by atoms with Crippen LogP contribution in [0.25, 0.3) is 0 Å². The first-order valence-electron chi connectivity index (χ1n) is 11.1. The molecule has 0 unspecified atom stereocenters. The third-order valence-corrected chi connectivity index (χ3v) is 11.6. The average molecular weight is 480 g/mol. The van der Waals surface area contributed by atoms with Crippen LogP contribution in [-0.4, -0.2) is 72.9 Å². The molecule has 4 rings (SSSR count). The van der Waals surface area contributed by atoms with E-state index in [4.69, 9.17) is 23.4 Å². The number of hydrogen-bond acceptors (Lipinski definition) is 8. The van der Waals surface area contributed by atoms with Gasteiger partial charge in [0.05, 0.1) is 6.61 Å². The number of hydrogen-bond donors (Lipinski definition) is 1. The lowest BCUT2D eigenvalue weighted by Crippen LogP contribution is -2.61. The quantitative estimate of drug-likeness (QED) is 0.653. The minimum atomic E-state index is -2.29. The molecule has 0 aromatic heterocycles. The summed E-state index contributed by atoms with van der Waals surface area (Å²) in [5, 5.41) is 11.9. The molecule has 5 atom stereocenters. The van der Waals surface area contributed by atoms with Gasteiger partial charge in [-0.25, -0.2) is 14.5 Å². The summed E-state index contributed by atoms with van der Waals surface area (Å²) in [7, 11) is -2.29. The molecule has 33 heavy (non-hydrogen) atoms. The Morgan fingerprint density at radius 2 is 1.79 bits per heavy atom. The number of rotatable bonds is 4. The predicted octanol–water partition coefficient (Wildman–Crippen LogP) is 3.66. The first-order chi connectivity index (χ1) is 15.2. The summed E-state index contributed by atoms with van der Waals surface area (Å²) in [6, 6.07) is 7.31. The molecule has 3 fully saturated rings. The molecule has 2 aliphatic heterocycles. The average Bonchev–Trinajstić information content (AvgIpc) is 3.28. The molecule has 3 aliphatic rings. The normalized spacial score (nSPS) is 33.0. The second kappa shape index (κ2) is 7.77. The maximum atomic E-state index is 13.0. The third kappa shape index (κ3) is 4.08. The van der Waals surface area contributed by atoms with Crippen LogP contribution in [0.5, 0.6) is 5.75 Å². The second-order valence-electron chi connectivity index (χ2n) is 10.9. The van der Waals surface area contributed by atoms with Crippen molar-refractivity contribution in [2.75, 3.05) is 6.61 Å². The number of carbonyl (C=O) groups excluding carboxylic acids is 2. The van der Waals surface area contributed by atoms with Crippen molar-refractivity contribution in [2.45, 2.75) is 88.5 Å². The topological polar surface area (TPSA) is 104 Å². The van der Waals surface area contributed by atoms with Crippen molar-refractivity contribution in [3.05, 3.63) is 30.3 Å². The van der Waals surface area contributed by atoms with Gasteiger partial charge in [-0.3, -0.25) is 0 Å². The molecule has 1 aromatic carbocycles. The minimum Gasteiger partial charge on any atom is -0.440 e. The molecule has 0 radical (unpaired) electrons. The third-order valence-electron chi connectivity index (χ3n) is 7.10. The van der Waals surface area contributed by atoms with E-state index in [1.54, 1.807) is 44.2 Å². The molecule has 1 aliphatic carbocycles. The Kier molecular flexibility index (Phi) is 5.69. The van der Waals surface area contributed by atoms with Crippen LogP contribution in [0.15, 0.2) is 30.3 Å². The van der Waals surface area contributed by atoms with Gasteiger partial charge >= 0.3 is 12.2 Å². The van der Waals surface area contributed by atoms with Crippen molar-refractivity contribution in [1.82, 2.24) is 4.90 Å². The van der Waals surface area contributed by atoms with Crippen molar-refractivity contribution < 1.29 is 38.1 Å². The molecule has 9 nitrogen and oxygen atoms in total. The maximum absolute atomic E-state index is 13.0. The number of ether oxygens (including phenoxy) is 4. The van der Waals surface area contributed by atoms with Crippen molar-refractivity contribution in [3.8, 4) is 5.75 Å². The van der Waals surface area contributed by atoms with E-state index < -0.39 is 56.2 Å². The predicted molar refractivity (Wildman–Crippen MR) is 120 cm³/mol. The number of aliphatic hydroxyl groups is 1. The number of amides is 2. The van der Waals surface area contributed by atoms with Gasteiger partial charge in [0.25, 0.3) is 0 Å². The highest BCUT2D eigenvalue weighted by Gasteiger charge is 2.74. The Morgan fingerprint density at radius 1 is 1.15 bits per heavy atom. The van der Waals surface area contributed by atoms with Gasteiger partial charge in [-0.2, -0.15) is 0 Å². The zero-order chi connectivity index (χ0) is 24.4. The number of fused-ring (bicyclic) bond motifs is 3. The van der Waals surface area contributed by atoms with Crippen LogP contribution in [0.2, 0.25) is 18.1 Å². The lowest BCUT2D eigenvalue weighted by atomic mass is 9.95. The van der Waals surface area contributed by atoms with E-state index in [0.29, 0.717) is 0 Å². The number of imide groups is 1. The molecule has 2 heterocycles. The van der Waals surface area contributed by atoms with Gasteiger partial charge in [0, 0.05) is 0 Å². The maximum Gasteiger partial charge on any atom is 0.425 e. The van der Waals surface area contributed by atoms with Crippen LogP contribution < -0.4 is 4.74 Å². The van der Waals surface area contributed by atoms with Crippen molar-refractivity contribution in [1.29, 1.82) is 0 Å². The van der Waals surface area contributed by atoms with Crippen LogP contribution in [0.4, 0.5) is 9.59 Å². The molecular weight excluding hydrogens is 446 g/mol. The molecular formula is C23H33NO8Si. The fourth-order valence-corrected chi connectivity index (χ4v) is 5.37. The molecule has 10 heteroatoms. The van der Waals surface area contributed by atoms with E-state index in [2.05, 4.69) is 33.9 Å². The Labute approximate surface area is 195 Å². The summed E-state index contributed by atoms with van der Waals surface area (Å²) in [5.41, 5.74) is -1.75. The molecule has 0 spiro atoms. The summed E-state index contributed by atoms with van der Waals surface area (Å²) < 4.78 is 29.3. The zero-order valence-electron chi connectivity index (χ0n) is 20.2. The van der Waals surface area contributed by atoms with E-state index in [0.717, 1.165) is 4.90 Å². The molecule has 182 valence electrons. The van der Waals surface area contributed by atoms with E-state index in [1.807, 2.05) is 0 Å². The Balaban J connectivity index is 1.66. The summed E-state index contributed by atoms with van der Waals surface area (Å²) in [6.07, 6.45) is -4.36. The van der Waals surface area contributed by atoms with Gasteiger partial charge < -0.3 is 28.5 Å². The standard InChI is InChI=1S/C23H33NO8Si/c1-21(2,3)33(6,7)28-13-23(27)17-15(16-18(23)32-22(4,5)31-16)30-20(26)24(17)19(25)29-14-11-9-8-10-12-14/h8-12,15-18,27H,13H2,1-7H3/t15-,16+,17-,18+,23+/m1/s1. The second-order valence-corrected chi connectivity index (χ2v) is 15.7. The van der Waals surface area contributed by atoms with Gasteiger partial charge in [-0.15, -0.1) is 0 Å². The van der Waals surface area contributed by atoms with Gasteiger partial charge in [0.2, 0.25) is 0 Å². The Morgan fingerprint density at radius 3 is 2.39 bits per heavy atom. The van der Waals surface area contributed by atoms with Crippen molar-refractivity contribution in [3.63, 3.8) is 0 Å². The number of benzene rings is 1. The summed E-state index contributed by atoms with van der Waals surface area (Å²) in [4.78, 5) is 26.6. The number of para-hydroxylation sites is 1. The SMILES string of the molecule is CC1(C)O[C@H]2[C@H]3OC(=O)N(C(=O)Oc4ccccc4)[C@H]3[C@@](O)(CO[Si](C)(C)C(C)(C)C)[C@H]2O1. The van der Waals surface area contributed by atoms with Gasteiger partial charge in [0.1, 0.15) is 29.6 Å². The van der Waals surface area contributed by atoms with E-state index in [-0.39, 0.29) is 17.4 Å². The smallest absolute Gasteiger partial charge is 0.425 e. The molecule has 1 aromatic rings. The van der Waals surface area contributed by atoms with Crippen LogP contribution >= 0.6 is 0 Å². The van der Waals surface area contributed by atoms with Gasteiger partial charge in [0.15, 0.2) is 20.2 Å². The van der Waals surface area contributed by atoms with Crippen LogP contribution in [-0.2, 0) is 18.6 Å². The van der Waals surface area contributed by atoms with Gasteiger partial charge in [-0.1, -0.05) is 39.0 Å². The monoisotopic (exact) mass is 479 g/mol. The highest BCUT2D eigenvalue weighted by atomic mass is 28.4. The number of carbonyl (C=O) groups is 2. The molecule has 2 amide bonds. The molecule has 2 saturated heterocycles. The summed E-state index contributed by atoms with van der Waals surface area (Å²) >= 11 is 0. The van der Waals surface area contributed by atoms with Crippen molar-refractivity contribution in [2.24, 2.45) is 0 Å². The fourth-order valence-electron chi connectivity index (χ4n) is 4.34. The van der Waals surface area contributed by atoms with Gasteiger partial charge in [-0.05, 0) is 44.1 Å². The first-order valence-corrected chi connectivity index (χ1v) is 14.1. The minimum absolute atomic E-state index is 0.110. The van der Waals surface area contributed by atoms with E-state index in [1.165, 1.54) is 0 Å². The van der Waals surface area contributed by atoms with E-state index in [9.17, 15) is 14.7 Å². The highest BCUT2D eigenvalue weighted by molar-refractivity contribution is 6.74. The fraction of sp³-hybridized carbons (Fsp3) is 0.652. The lowest BCUT2D eigenvalue weighted by Gasteiger charge is -2.41.